The van der Waals surface area contributed by atoms with Crippen molar-refractivity contribution in [1.29, 1.82) is 0 Å². The minimum atomic E-state index is -0.381. The molecule has 23 heavy (non-hydrogen) atoms. The molecule has 1 aromatic heterocycles. The Kier molecular flexibility index (Phi) is 3.78. The van der Waals surface area contributed by atoms with Crippen molar-refractivity contribution in [2.24, 2.45) is 5.41 Å². The van der Waals surface area contributed by atoms with E-state index in [9.17, 15) is 4.79 Å². The third-order valence-electron chi connectivity index (χ3n) is 5.38. The Hall–Kier alpha value is -2.10. The standard InChI is InChI=1S/C19H25N3O/c1-14-15(2)22(13-21-14)11-10-20-17(23)19(12-18(19,3)4)16-8-6-5-7-9-16/h5-9,13H,10-12H2,1-4H3,(H,20,23). The van der Waals surface area contributed by atoms with Crippen LogP contribution in [0.25, 0.3) is 0 Å². The Morgan fingerprint density at radius 1 is 1.26 bits per heavy atom. The smallest absolute Gasteiger partial charge is 0.231 e. The van der Waals surface area contributed by atoms with Crippen molar-refractivity contribution < 1.29 is 4.79 Å². The normalized spacial score (nSPS) is 21.9. The zero-order valence-corrected chi connectivity index (χ0v) is 14.4. The van der Waals surface area contributed by atoms with Crippen LogP contribution in [0.1, 0.15) is 37.2 Å². The largest absolute Gasteiger partial charge is 0.354 e. The number of aromatic nitrogens is 2. The molecule has 0 bridgehead atoms. The van der Waals surface area contributed by atoms with Crippen molar-refractivity contribution in [2.45, 2.75) is 46.1 Å². The number of nitrogens with zero attached hydrogens (tertiary/aromatic N) is 2. The predicted octanol–water partition coefficient (Wildman–Crippen LogP) is 2.98. The van der Waals surface area contributed by atoms with Crippen molar-refractivity contribution in [3.05, 3.63) is 53.6 Å². The predicted molar refractivity (Wildman–Crippen MR) is 91.2 cm³/mol. The van der Waals surface area contributed by atoms with Gasteiger partial charge in [0, 0.05) is 18.8 Å². The lowest BCUT2D eigenvalue weighted by Gasteiger charge is -2.21. The van der Waals surface area contributed by atoms with Gasteiger partial charge in [-0.05, 0) is 31.2 Å². The van der Waals surface area contributed by atoms with Crippen LogP contribution in [0.15, 0.2) is 36.7 Å². The van der Waals surface area contributed by atoms with Gasteiger partial charge in [0.25, 0.3) is 0 Å². The summed E-state index contributed by atoms with van der Waals surface area (Å²) in [5, 5.41) is 3.14. The van der Waals surface area contributed by atoms with Gasteiger partial charge in [-0.3, -0.25) is 4.79 Å². The van der Waals surface area contributed by atoms with Crippen LogP contribution in [-0.2, 0) is 16.8 Å². The van der Waals surface area contributed by atoms with E-state index >= 15 is 0 Å². The number of rotatable bonds is 5. The van der Waals surface area contributed by atoms with Crippen LogP contribution < -0.4 is 5.32 Å². The summed E-state index contributed by atoms with van der Waals surface area (Å²) in [5.41, 5.74) is 2.95. The Morgan fingerprint density at radius 3 is 2.43 bits per heavy atom. The third-order valence-corrected chi connectivity index (χ3v) is 5.38. The summed E-state index contributed by atoms with van der Waals surface area (Å²) in [6, 6.07) is 10.1. The molecule has 0 saturated heterocycles. The Labute approximate surface area is 137 Å². The van der Waals surface area contributed by atoms with Gasteiger partial charge in [-0.2, -0.15) is 0 Å². The molecule has 2 aromatic rings. The molecule has 1 aliphatic rings. The fourth-order valence-corrected chi connectivity index (χ4v) is 3.56. The van der Waals surface area contributed by atoms with Crippen LogP contribution >= 0.6 is 0 Å². The summed E-state index contributed by atoms with van der Waals surface area (Å²) in [6.07, 6.45) is 2.74. The molecular formula is C19H25N3O. The molecule has 122 valence electrons. The summed E-state index contributed by atoms with van der Waals surface area (Å²) in [7, 11) is 0. The summed E-state index contributed by atoms with van der Waals surface area (Å²) in [5.74, 6) is 0.142. The van der Waals surface area contributed by atoms with Crippen molar-refractivity contribution >= 4 is 5.91 Å². The Morgan fingerprint density at radius 2 is 1.91 bits per heavy atom. The van der Waals surface area contributed by atoms with Crippen molar-refractivity contribution in [2.75, 3.05) is 6.54 Å². The van der Waals surface area contributed by atoms with Crippen molar-refractivity contribution in [3.8, 4) is 0 Å². The number of imidazole rings is 1. The minimum Gasteiger partial charge on any atom is -0.354 e. The second kappa shape index (κ2) is 5.52. The van der Waals surface area contributed by atoms with Crippen LogP contribution in [0.3, 0.4) is 0 Å². The lowest BCUT2D eigenvalue weighted by molar-refractivity contribution is -0.124. The van der Waals surface area contributed by atoms with Crippen molar-refractivity contribution in [3.63, 3.8) is 0 Å². The van der Waals surface area contributed by atoms with E-state index in [2.05, 4.69) is 47.8 Å². The average molecular weight is 311 g/mol. The molecule has 0 radical (unpaired) electrons. The molecule has 1 unspecified atom stereocenters. The quantitative estimate of drug-likeness (QED) is 0.923. The molecule has 1 aromatic carbocycles. The molecule has 4 nitrogen and oxygen atoms in total. The minimum absolute atomic E-state index is 0.0138. The van der Waals surface area contributed by atoms with Gasteiger partial charge < -0.3 is 9.88 Å². The lowest BCUT2D eigenvalue weighted by atomic mass is 9.87. The monoisotopic (exact) mass is 311 g/mol. The number of nitrogens with one attached hydrogen (secondary N) is 1. The van der Waals surface area contributed by atoms with Gasteiger partial charge in [0.05, 0.1) is 17.4 Å². The number of amides is 1. The van der Waals surface area contributed by atoms with Gasteiger partial charge in [-0.15, -0.1) is 0 Å². The van der Waals surface area contributed by atoms with E-state index in [0.29, 0.717) is 6.54 Å². The molecule has 1 aliphatic carbocycles. The Bertz CT molecular complexity index is 717. The number of carbonyl (C=O) groups excluding carboxylic acids is 1. The van der Waals surface area contributed by atoms with E-state index in [1.807, 2.05) is 31.5 Å². The number of aryl methyl sites for hydroxylation is 1. The maximum atomic E-state index is 12.9. The van der Waals surface area contributed by atoms with E-state index in [0.717, 1.165) is 29.9 Å². The van der Waals surface area contributed by atoms with Gasteiger partial charge in [-0.25, -0.2) is 4.98 Å². The molecule has 1 fully saturated rings. The van der Waals surface area contributed by atoms with Crippen LogP contribution in [0.5, 0.6) is 0 Å². The second-order valence-electron chi connectivity index (χ2n) is 7.20. The van der Waals surface area contributed by atoms with Gasteiger partial charge in [-0.1, -0.05) is 44.2 Å². The zero-order chi connectivity index (χ0) is 16.7. The average Bonchev–Trinajstić information content (AvgIpc) is 3.01. The zero-order valence-electron chi connectivity index (χ0n) is 14.4. The van der Waals surface area contributed by atoms with Crippen LogP contribution in [0, 0.1) is 19.3 Å². The van der Waals surface area contributed by atoms with Crippen molar-refractivity contribution in [1.82, 2.24) is 14.9 Å². The number of benzene rings is 1. The van der Waals surface area contributed by atoms with Gasteiger partial charge in [0.2, 0.25) is 5.91 Å². The molecule has 0 spiro atoms. The first-order valence-electron chi connectivity index (χ1n) is 8.21. The van der Waals surface area contributed by atoms with Crippen LogP contribution in [0.4, 0.5) is 0 Å². The summed E-state index contributed by atoms with van der Waals surface area (Å²) in [4.78, 5) is 17.2. The first-order valence-corrected chi connectivity index (χ1v) is 8.21. The number of carbonyl (C=O) groups is 1. The molecule has 3 rings (SSSR count). The summed E-state index contributed by atoms with van der Waals surface area (Å²) in [6.45, 7) is 9.77. The number of hydrogen-bond donors (Lipinski definition) is 1. The number of hydrogen-bond acceptors (Lipinski definition) is 2. The molecule has 1 N–H and O–H groups in total. The van der Waals surface area contributed by atoms with Gasteiger partial charge >= 0.3 is 0 Å². The highest BCUT2D eigenvalue weighted by molar-refractivity contribution is 5.93. The first-order chi connectivity index (χ1) is 10.9. The molecule has 4 heteroatoms. The highest BCUT2D eigenvalue weighted by atomic mass is 16.2. The molecule has 0 aliphatic heterocycles. The first kappa shape index (κ1) is 15.8. The van der Waals surface area contributed by atoms with E-state index in [1.54, 1.807) is 0 Å². The highest BCUT2D eigenvalue weighted by Crippen LogP contribution is 2.64. The third kappa shape index (κ3) is 2.56. The molecule has 1 heterocycles. The maximum absolute atomic E-state index is 12.9. The second-order valence-corrected chi connectivity index (χ2v) is 7.20. The van der Waals surface area contributed by atoms with Gasteiger partial charge in [0.1, 0.15) is 0 Å². The molecule has 1 amide bonds. The summed E-state index contributed by atoms with van der Waals surface area (Å²) < 4.78 is 2.09. The Balaban J connectivity index is 1.68. The maximum Gasteiger partial charge on any atom is 0.231 e. The molecular weight excluding hydrogens is 286 g/mol. The topological polar surface area (TPSA) is 46.9 Å². The summed E-state index contributed by atoms with van der Waals surface area (Å²) >= 11 is 0. The highest BCUT2D eigenvalue weighted by Gasteiger charge is 2.66. The van der Waals surface area contributed by atoms with Gasteiger partial charge in [0.15, 0.2) is 0 Å². The van der Waals surface area contributed by atoms with E-state index < -0.39 is 0 Å². The van der Waals surface area contributed by atoms with Crippen LogP contribution in [-0.4, -0.2) is 22.0 Å². The fourth-order valence-electron chi connectivity index (χ4n) is 3.56. The molecule has 1 atom stereocenters. The SMILES string of the molecule is Cc1ncn(CCNC(=O)C2(c3ccccc3)CC2(C)C)c1C. The van der Waals surface area contributed by atoms with E-state index in [-0.39, 0.29) is 16.7 Å². The lowest BCUT2D eigenvalue weighted by Crippen LogP contribution is -2.39. The molecule has 1 saturated carbocycles. The van der Waals surface area contributed by atoms with E-state index in [1.165, 1.54) is 0 Å². The fraction of sp³-hybridized carbons (Fsp3) is 0.474. The van der Waals surface area contributed by atoms with E-state index in [4.69, 9.17) is 0 Å². The van der Waals surface area contributed by atoms with Crippen LogP contribution in [0.2, 0.25) is 0 Å².